The van der Waals surface area contributed by atoms with Crippen LogP contribution >= 0.6 is 0 Å². The van der Waals surface area contributed by atoms with E-state index in [0.717, 1.165) is 5.56 Å². The first-order chi connectivity index (χ1) is 11.3. The van der Waals surface area contributed by atoms with Crippen molar-refractivity contribution in [3.8, 4) is 0 Å². The van der Waals surface area contributed by atoms with Gasteiger partial charge in [-0.2, -0.15) is 0 Å². The number of Topliss-reactive ketones (excluding diaryl/α,β-unsaturated/α-hetero) is 1. The molecule has 5 nitrogen and oxygen atoms in total. The van der Waals surface area contributed by atoms with E-state index in [-0.39, 0.29) is 5.78 Å². The molecular formula is C18H15N3O2. The second-order valence-electron chi connectivity index (χ2n) is 4.99. The van der Waals surface area contributed by atoms with Crippen molar-refractivity contribution in [1.82, 2.24) is 14.9 Å². The van der Waals surface area contributed by atoms with E-state index < -0.39 is 12.1 Å². The van der Waals surface area contributed by atoms with Gasteiger partial charge in [0.2, 0.25) is 0 Å². The third-order valence-corrected chi connectivity index (χ3v) is 3.46. The standard InChI is InChI=1S/C18H15N3O2/c22-17(15-9-5-2-6-10-15)16(14-7-3-1-4-8-14)20-18(23)21-12-11-19-13-21/h1-13,16H,(H,20,23). The molecule has 0 aliphatic rings. The summed E-state index contributed by atoms with van der Waals surface area (Å²) < 4.78 is 1.30. The fourth-order valence-corrected chi connectivity index (χ4v) is 2.29. The number of nitrogens with zero attached hydrogens (tertiary/aromatic N) is 2. The van der Waals surface area contributed by atoms with Gasteiger partial charge < -0.3 is 5.32 Å². The van der Waals surface area contributed by atoms with Crippen LogP contribution in [0.25, 0.3) is 0 Å². The van der Waals surface area contributed by atoms with Crippen LogP contribution in [0.4, 0.5) is 4.79 Å². The van der Waals surface area contributed by atoms with Crippen molar-refractivity contribution < 1.29 is 9.59 Å². The molecule has 1 aromatic heterocycles. The molecule has 0 bridgehead atoms. The molecule has 3 aromatic rings. The molecule has 0 radical (unpaired) electrons. The zero-order chi connectivity index (χ0) is 16.1. The molecule has 1 atom stereocenters. The van der Waals surface area contributed by atoms with Gasteiger partial charge in [0.1, 0.15) is 12.4 Å². The Morgan fingerprint density at radius 1 is 0.957 bits per heavy atom. The van der Waals surface area contributed by atoms with Crippen molar-refractivity contribution in [2.24, 2.45) is 0 Å². The minimum Gasteiger partial charge on any atom is -0.323 e. The number of hydrogen-bond donors (Lipinski definition) is 1. The van der Waals surface area contributed by atoms with Crippen molar-refractivity contribution in [2.45, 2.75) is 6.04 Å². The molecule has 1 heterocycles. The summed E-state index contributed by atoms with van der Waals surface area (Å²) in [7, 11) is 0. The molecule has 0 aliphatic carbocycles. The first-order valence-corrected chi connectivity index (χ1v) is 7.19. The Bertz CT molecular complexity index is 784. The average Bonchev–Trinajstić information content (AvgIpc) is 3.15. The second-order valence-corrected chi connectivity index (χ2v) is 4.99. The third kappa shape index (κ3) is 3.35. The number of hydrogen-bond acceptors (Lipinski definition) is 3. The summed E-state index contributed by atoms with van der Waals surface area (Å²) in [5, 5.41) is 2.77. The first-order valence-electron chi connectivity index (χ1n) is 7.19. The van der Waals surface area contributed by atoms with E-state index in [4.69, 9.17) is 0 Å². The number of ketones is 1. The maximum absolute atomic E-state index is 12.8. The first kappa shape index (κ1) is 14.7. The maximum Gasteiger partial charge on any atom is 0.327 e. The number of benzene rings is 2. The van der Waals surface area contributed by atoms with E-state index in [1.165, 1.54) is 23.3 Å². The molecule has 5 heteroatoms. The minimum absolute atomic E-state index is 0.162. The molecule has 0 saturated heterocycles. The second kappa shape index (κ2) is 6.70. The summed E-state index contributed by atoms with van der Waals surface area (Å²) in [6, 6.07) is 16.9. The predicted octanol–water partition coefficient (Wildman–Crippen LogP) is 3.07. The smallest absolute Gasteiger partial charge is 0.323 e. The summed E-state index contributed by atoms with van der Waals surface area (Å²) in [5.41, 5.74) is 1.28. The minimum atomic E-state index is -0.756. The van der Waals surface area contributed by atoms with Gasteiger partial charge in [0.25, 0.3) is 0 Å². The van der Waals surface area contributed by atoms with E-state index >= 15 is 0 Å². The highest BCUT2D eigenvalue weighted by molar-refractivity contribution is 6.02. The largest absolute Gasteiger partial charge is 0.327 e. The highest BCUT2D eigenvalue weighted by Crippen LogP contribution is 2.18. The van der Waals surface area contributed by atoms with Gasteiger partial charge in [-0.1, -0.05) is 60.7 Å². The topological polar surface area (TPSA) is 64.0 Å². The highest BCUT2D eigenvalue weighted by atomic mass is 16.2. The van der Waals surface area contributed by atoms with Gasteiger partial charge in [-0.15, -0.1) is 0 Å². The third-order valence-electron chi connectivity index (χ3n) is 3.46. The number of aromatic nitrogens is 2. The van der Waals surface area contributed by atoms with E-state index in [2.05, 4.69) is 10.3 Å². The predicted molar refractivity (Wildman–Crippen MR) is 86.1 cm³/mol. The Balaban J connectivity index is 1.91. The van der Waals surface area contributed by atoms with Crippen molar-refractivity contribution in [3.05, 3.63) is 90.5 Å². The van der Waals surface area contributed by atoms with Gasteiger partial charge in [0.05, 0.1) is 0 Å². The lowest BCUT2D eigenvalue weighted by molar-refractivity contribution is 0.0945. The molecule has 23 heavy (non-hydrogen) atoms. The molecule has 0 spiro atoms. The SMILES string of the molecule is O=C(c1ccccc1)C(NC(=O)n1ccnc1)c1ccccc1. The van der Waals surface area contributed by atoms with Gasteiger partial charge in [0.15, 0.2) is 5.78 Å². The number of rotatable bonds is 4. The number of imidazole rings is 1. The maximum atomic E-state index is 12.8. The summed E-state index contributed by atoms with van der Waals surface area (Å²) in [6.07, 6.45) is 4.44. The Hall–Kier alpha value is -3.21. The molecule has 1 amide bonds. The monoisotopic (exact) mass is 305 g/mol. The zero-order valence-electron chi connectivity index (χ0n) is 12.3. The number of carbonyl (C=O) groups excluding carboxylic acids is 2. The molecule has 0 fully saturated rings. The van der Waals surface area contributed by atoms with Crippen molar-refractivity contribution in [3.63, 3.8) is 0 Å². The van der Waals surface area contributed by atoms with Crippen LogP contribution in [0.3, 0.4) is 0 Å². The lowest BCUT2D eigenvalue weighted by atomic mass is 9.97. The molecule has 1 unspecified atom stereocenters. The van der Waals surface area contributed by atoms with Crippen LogP contribution in [0.15, 0.2) is 79.4 Å². The molecule has 114 valence electrons. The number of nitrogens with one attached hydrogen (secondary N) is 1. The van der Waals surface area contributed by atoms with Crippen LogP contribution in [-0.4, -0.2) is 21.4 Å². The molecular weight excluding hydrogens is 290 g/mol. The van der Waals surface area contributed by atoms with Crippen molar-refractivity contribution >= 4 is 11.8 Å². The quantitative estimate of drug-likeness (QED) is 0.753. The van der Waals surface area contributed by atoms with E-state index in [0.29, 0.717) is 5.56 Å². The lowest BCUT2D eigenvalue weighted by Gasteiger charge is -2.18. The normalized spacial score (nSPS) is 11.7. The summed E-state index contributed by atoms with van der Waals surface area (Å²) >= 11 is 0. The average molecular weight is 305 g/mol. The van der Waals surface area contributed by atoms with E-state index in [1.807, 2.05) is 36.4 Å². The summed E-state index contributed by atoms with van der Waals surface area (Å²) in [4.78, 5) is 28.9. The lowest BCUT2D eigenvalue weighted by Crippen LogP contribution is -2.36. The van der Waals surface area contributed by atoms with Gasteiger partial charge in [-0.05, 0) is 5.56 Å². The van der Waals surface area contributed by atoms with Crippen LogP contribution in [0, 0.1) is 0 Å². The summed E-state index contributed by atoms with van der Waals surface area (Å²) in [6.45, 7) is 0. The molecule has 1 N–H and O–H groups in total. The highest BCUT2D eigenvalue weighted by Gasteiger charge is 2.24. The van der Waals surface area contributed by atoms with Crippen LogP contribution in [-0.2, 0) is 0 Å². The number of amides is 1. The molecule has 2 aromatic carbocycles. The van der Waals surface area contributed by atoms with Gasteiger partial charge in [-0.25, -0.2) is 9.78 Å². The van der Waals surface area contributed by atoms with Crippen LogP contribution in [0.5, 0.6) is 0 Å². The van der Waals surface area contributed by atoms with E-state index in [9.17, 15) is 9.59 Å². The Morgan fingerprint density at radius 3 is 2.22 bits per heavy atom. The van der Waals surface area contributed by atoms with Crippen LogP contribution in [0.1, 0.15) is 22.0 Å². The van der Waals surface area contributed by atoms with Gasteiger partial charge >= 0.3 is 6.03 Å². The zero-order valence-corrected chi connectivity index (χ0v) is 12.3. The van der Waals surface area contributed by atoms with Crippen molar-refractivity contribution in [1.29, 1.82) is 0 Å². The van der Waals surface area contributed by atoms with Crippen LogP contribution < -0.4 is 5.32 Å². The van der Waals surface area contributed by atoms with Gasteiger partial charge in [-0.3, -0.25) is 9.36 Å². The fourth-order valence-electron chi connectivity index (χ4n) is 2.29. The van der Waals surface area contributed by atoms with Crippen molar-refractivity contribution in [2.75, 3.05) is 0 Å². The molecule has 0 aliphatic heterocycles. The Labute approximate surface area is 133 Å². The van der Waals surface area contributed by atoms with Gasteiger partial charge in [0, 0.05) is 18.0 Å². The number of carbonyl (C=O) groups is 2. The fraction of sp³-hybridized carbons (Fsp3) is 0.0556. The van der Waals surface area contributed by atoms with Crippen LogP contribution in [0.2, 0.25) is 0 Å². The summed E-state index contributed by atoms with van der Waals surface area (Å²) in [5.74, 6) is -0.162. The van der Waals surface area contributed by atoms with E-state index in [1.54, 1.807) is 24.3 Å². The molecule has 3 rings (SSSR count). The Morgan fingerprint density at radius 2 is 1.61 bits per heavy atom. The Kier molecular flexibility index (Phi) is 4.29. The molecule has 0 saturated carbocycles.